The summed E-state index contributed by atoms with van der Waals surface area (Å²) in [5.74, 6) is 1.41. The van der Waals surface area contributed by atoms with Crippen molar-refractivity contribution in [1.82, 2.24) is 9.97 Å². The largest absolute Gasteiger partial charge is 0.461 e. The summed E-state index contributed by atoms with van der Waals surface area (Å²) in [5, 5.41) is 1.63. The normalized spacial score (nSPS) is 13.8. The zero-order valence-corrected chi connectivity index (χ0v) is 17.5. The average molecular weight is 430 g/mol. The van der Waals surface area contributed by atoms with Crippen LogP contribution in [0.3, 0.4) is 0 Å². The van der Waals surface area contributed by atoms with Crippen LogP contribution in [0.15, 0.2) is 76.4 Å². The van der Waals surface area contributed by atoms with E-state index in [2.05, 4.69) is 9.97 Å². The highest BCUT2D eigenvalue weighted by Crippen LogP contribution is 2.29. The van der Waals surface area contributed by atoms with Gasteiger partial charge in [0.25, 0.3) is 0 Å². The molecule has 1 amide bonds. The van der Waals surface area contributed by atoms with Crippen LogP contribution in [0.25, 0.3) is 22.5 Å². The minimum Gasteiger partial charge on any atom is -0.461 e. The molecule has 1 fully saturated rings. The van der Waals surface area contributed by atoms with Gasteiger partial charge in [-0.3, -0.25) is 9.59 Å². The SMILES string of the molecule is O=C(CSc1nc(-c2ccco2)nc2ccccc12)c1cccc(N2CCCC2=O)c1. The van der Waals surface area contributed by atoms with Crippen molar-refractivity contribution in [1.29, 1.82) is 0 Å². The smallest absolute Gasteiger partial charge is 0.227 e. The predicted octanol–water partition coefficient (Wildman–Crippen LogP) is 4.99. The third kappa shape index (κ3) is 3.96. The number of hydrogen-bond acceptors (Lipinski definition) is 6. The summed E-state index contributed by atoms with van der Waals surface area (Å²) in [4.78, 5) is 36.0. The first-order valence-corrected chi connectivity index (χ1v) is 11.0. The van der Waals surface area contributed by atoms with E-state index >= 15 is 0 Å². The molecule has 2 aromatic carbocycles. The maximum atomic E-state index is 12.9. The highest BCUT2D eigenvalue weighted by molar-refractivity contribution is 8.00. The first-order chi connectivity index (χ1) is 15.2. The molecule has 0 bridgehead atoms. The molecular weight excluding hydrogens is 410 g/mol. The zero-order valence-electron chi connectivity index (χ0n) is 16.7. The second-order valence-electron chi connectivity index (χ2n) is 7.26. The number of furan rings is 1. The molecule has 31 heavy (non-hydrogen) atoms. The number of rotatable bonds is 6. The summed E-state index contributed by atoms with van der Waals surface area (Å²) >= 11 is 1.38. The molecule has 0 spiro atoms. The number of ketones is 1. The van der Waals surface area contributed by atoms with Crippen molar-refractivity contribution in [3.63, 3.8) is 0 Å². The highest BCUT2D eigenvalue weighted by atomic mass is 32.2. The second-order valence-corrected chi connectivity index (χ2v) is 8.22. The van der Waals surface area contributed by atoms with Crippen LogP contribution < -0.4 is 4.90 Å². The molecule has 1 saturated heterocycles. The number of Topliss-reactive ketones (excluding diaryl/α,β-unsaturated/α-hetero) is 1. The minimum absolute atomic E-state index is 0.0132. The quantitative estimate of drug-likeness (QED) is 0.244. The van der Waals surface area contributed by atoms with Gasteiger partial charge in [-0.15, -0.1) is 0 Å². The van der Waals surface area contributed by atoms with Gasteiger partial charge in [-0.2, -0.15) is 0 Å². The number of amides is 1. The van der Waals surface area contributed by atoms with E-state index in [9.17, 15) is 9.59 Å². The first-order valence-electron chi connectivity index (χ1n) is 10.1. The van der Waals surface area contributed by atoms with Crippen LogP contribution in [0.5, 0.6) is 0 Å². The lowest BCUT2D eigenvalue weighted by atomic mass is 10.1. The molecular formula is C24H19N3O3S. The lowest BCUT2D eigenvalue weighted by Gasteiger charge is -2.16. The van der Waals surface area contributed by atoms with E-state index in [4.69, 9.17) is 4.42 Å². The molecule has 1 aliphatic rings. The lowest BCUT2D eigenvalue weighted by Crippen LogP contribution is -2.23. The standard InChI is InChI=1S/C24H19N3O3S/c28-20(16-6-3-7-17(14-16)27-12-4-11-22(27)29)15-31-24-18-8-1-2-9-19(18)25-23(26-24)21-10-5-13-30-21/h1-3,5-10,13-14H,4,11-12,15H2. The summed E-state index contributed by atoms with van der Waals surface area (Å²) in [6.07, 6.45) is 3.00. The topological polar surface area (TPSA) is 76.3 Å². The maximum Gasteiger partial charge on any atom is 0.227 e. The van der Waals surface area contributed by atoms with Crippen molar-refractivity contribution in [3.05, 3.63) is 72.5 Å². The average Bonchev–Trinajstić information content (AvgIpc) is 3.49. The fourth-order valence-electron chi connectivity index (χ4n) is 3.66. The van der Waals surface area contributed by atoms with Crippen molar-refractivity contribution < 1.29 is 14.0 Å². The Kier molecular flexibility index (Phi) is 5.26. The molecule has 6 nitrogen and oxygen atoms in total. The maximum absolute atomic E-state index is 12.9. The number of carbonyl (C=O) groups excluding carboxylic acids is 2. The Morgan fingerprint density at radius 3 is 2.77 bits per heavy atom. The van der Waals surface area contributed by atoms with Crippen molar-refractivity contribution in [2.75, 3.05) is 17.2 Å². The number of benzene rings is 2. The Hall–Kier alpha value is -3.45. The van der Waals surface area contributed by atoms with E-state index in [1.165, 1.54) is 11.8 Å². The van der Waals surface area contributed by atoms with Gasteiger partial charge >= 0.3 is 0 Å². The van der Waals surface area contributed by atoms with Crippen LogP contribution in [0, 0.1) is 0 Å². The van der Waals surface area contributed by atoms with Crippen molar-refractivity contribution in [2.24, 2.45) is 0 Å². The fourth-order valence-corrected chi connectivity index (χ4v) is 4.57. The first kappa shape index (κ1) is 19.5. The number of thioether (sulfide) groups is 1. The molecule has 0 N–H and O–H groups in total. The fraction of sp³-hybridized carbons (Fsp3) is 0.167. The summed E-state index contributed by atoms with van der Waals surface area (Å²) in [7, 11) is 0. The molecule has 0 radical (unpaired) electrons. The molecule has 4 aromatic rings. The van der Waals surface area contributed by atoms with Crippen LogP contribution in [0.4, 0.5) is 5.69 Å². The van der Waals surface area contributed by atoms with E-state index in [1.807, 2.05) is 42.5 Å². The number of anilines is 1. The van der Waals surface area contributed by atoms with Crippen LogP contribution >= 0.6 is 11.8 Å². The van der Waals surface area contributed by atoms with Crippen LogP contribution in [-0.2, 0) is 4.79 Å². The zero-order chi connectivity index (χ0) is 21.2. The van der Waals surface area contributed by atoms with Gasteiger partial charge in [0, 0.05) is 29.6 Å². The van der Waals surface area contributed by atoms with Crippen LogP contribution in [0.2, 0.25) is 0 Å². The Morgan fingerprint density at radius 2 is 1.97 bits per heavy atom. The van der Waals surface area contributed by atoms with Crippen LogP contribution in [-0.4, -0.2) is 34.0 Å². The molecule has 0 aliphatic carbocycles. The number of fused-ring (bicyclic) bond motifs is 1. The minimum atomic E-state index is -0.0132. The Morgan fingerprint density at radius 1 is 1.06 bits per heavy atom. The molecule has 0 unspecified atom stereocenters. The molecule has 2 aromatic heterocycles. The van der Waals surface area contributed by atoms with Gasteiger partial charge < -0.3 is 9.32 Å². The summed E-state index contributed by atoms with van der Waals surface area (Å²) < 4.78 is 5.46. The second kappa shape index (κ2) is 8.35. The third-order valence-corrected chi connectivity index (χ3v) is 6.19. The van der Waals surface area contributed by atoms with E-state index in [0.29, 0.717) is 30.1 Å². The Balaban J connectivity index is 1.40. The number of nitrogens with zero attached hydrogens (tertiary/aromatic N) is 3. The van der Waals surface area contributed by atoms with Crippen molar-refractivity contribution in [3.8, 4) is 11.6 Å². The highest BCUT2D eigenvalue weighted by Gasteiger charge is 2.22. The van der Waals surface area contributed by atoms with Gasteiger partial charge in [-0.1, -0.05) is 42.1 Å². The van der Waals surface area contributed by atoms with Gasteiger partial charge in [-0.25, -0.2) is 9.97 Å². The number of para-hydroxylation sites is 1. The van der Waals surface area contributed by atoms with E-state index < -0.39 is 0 Å². The summed E-state index contributed by atoms with van der Waals surface area (Å²) in [6, 6.07) is 18.6. The van der Waals surface area contributed by atoms with Gasteiger partial charge in [-0.05, 0) is 36.8 Å². The molecule has 154 valence electrons. The molecule has 5 rings (SSSR count). The van der Waals surface area contributed by atoms with Crippen LogP contribution in [0.1, 0.15) is 23.2 Å². The Labute approximate surface area is 183 Å². The number of carbonyl (C=O) groups is 2. The molecule has 1 aliphatic heterocycles. The molecule has 0 saturated carbocycles. The summed E-state index contributed by atoms with van der Waals surface area (Å²) in [6.45, 7) is 0.702. The van der Waals surface area contributed by atoms with Gasteiger partial charge in [0.1, 0.15) is 5.03 Å². The Bertz CT molecular complexity index is 1270. The van der Waals surface area contributed by atoms with Gasteiger partial charge in [0.05, 0.1) is 17.5 Å². The molecule has 7 heteroatoms. The predicted molar refractivity (Wildman–Crippen MR) is 120 cm³/mol. The van der Waals surface area contributed by atoms with Gasteiger partial charge in [0.15, 0.2) is 17.4 Å². The monoisotopic (exact) mass is 429 g/mol. The lowest BCUT2D eigenvalue weighted by molar-refractivity contribution is -0.117. The van der Waals surface area contributed by atoms with Gasteiger partial charge in [0.2, 0.25) is 5.91 Å². The molecule has 3 heterocycles. The summed E-state index contributed by atoms with van der Waals surface area (Å²) in [5.41, 5.74) is 2.17. The molecule has 0 atom stereocenters. The van der Waals surface area contributed by atoms with E-state index in [0.717, 1.165) is 28.0 Å². The third-order valence-electron chi connectivity index (χ3n) is 5.20. The van der Waals surface area contributed by atoms with Crippen molar-refractivity contribution in [2.45, 2.75) is 17.9 Å². The van der Waals surface area contributed by atoms with E-state index in [-0.39, 0.29) is 17.4 Å². The number of hydrogen-bond donors (Lipinski definition) is 0. The van der Waals surface area contributed by atoms with E-state index in [1.54, 1.807) is 29.4 Å². The van der Waals surface area contributed by atoms with Crippen molar-refractivity contribution >= 4 is 40.0 Å². The number of aromatic nitrogens is 2.